The van der Waals surface area contributed by atoms with Crippen molar-refractivity contribution in [1.82, 2.24) is 4.90 Å². The third kappa shape index (κ3) is 5.64. The van der Waals surface area contributed by atoms with Crippen LogP contribution in [-0.2, 0) is 22.6 Å². The Hall–Kier alpha value is -3.60. The van der Waals surface area contributed by atoms with Crippen molar-refractivity contribution in [3.8, 4) is 11.5 Å². The summed E-state index contributed by atoms with van der Waals surface area (Å²) in [6.07, 6.45) is 4.95. The maximum absolute atomic E-state index is 13.9. The maximum atomic E-state index is 13.9. The molecular formula is C36H43NO4. The molecule has 41 heavy (non-hydrogen) atoms. The summed E-state index contributed by atoms with van der Waals surface area (Å²) in [6.45, 7) is 15.5. The SMILES string of the molecule is C=CCc1cc(C2C3=C(CC(C)(C)CC3=O)N(C)C3=C2C(=O)CC(C)(C)C3)cc(OCC)c1OCc1ccccc1. The van der Waals surface area contributed by atoms with Crippen LogP contribution < -0.4 is 9.47 Å². The summed E-state index contributed by atoms with van der Waals surface area (Å²) in [5.74, 6) is 1.15. The monoisotopic (exact) mass is 553 g/mol. The fourth-order valence-corrected chi connectivity index (χ4v) is 6.81. The molecule has 0 saturated carbocycles. The predicted octanol–water partition coefficient (Wildman–Crippen LogP) is 7.71. The number of nitrogens with zero attached hydrogens (tertiary/aromatic N) is 1. The van der Waals surface area contributed by atoms with Crippen LogP contribution in [0.2, 0.25) is 0 Å². The number of ether oxygens (including phenoxy) is 2. The fourth-order valence-electron chi connectivity index (χ4n) is 6.81. The van der Waals surface area contributed by atoms with Gasteiger partial charge in [0.1, 0.15) is 6.61 Å². The van der Waals surface area contributed by atoms with Crippen molar-refractivity contribution in [3.05, 3.63) is 94.4 Å². The topological polar surface area (TPSA) is 55.8 Å². The summed E-state index contributed by atoms with van der Waals surface area (Å²) in [4.78, 5) is 30.0. The van der Waals surface area contributed by atoms with Crippen molar-refractivity contribution in [3.63, 3.8) is 0 Å². The zero-order valence-electron chi connectivity index (χ0n) is 25.4. The molecule has 0 aromatic heterocycles. The van der Waals surface area contributed by atoms with Gasteiger partial charge in [-0.2, -0.15) is 0 Å². The number of carbonyl (C=O) groups excluding carboxylic acids is 2. The Morgan fingerprint density at radius 1 is 0.902 bits per heavy atom. The van der Waals surface area contributed by atoms with Gasteiger partial charge in [-0.25, -0.2) is 0 Å². The summed E-state index contributed by atoms with van der Waals surface area (Å²) in [5, 5.41) is 0. The predicted molar refractivity (Wildman–Crippen MR) is 163 cm³/mol. The number of allylic oxidation sites excluding steroid dienone is 5. The van der Waals surface area contributed by atoms with E-state index in [9.17, 15) is 9.59 Å². The van der Waals surface area contributed by atoms with E-state index in [0.29, 0.717) is 44.0 Å². The van der Waals surface area contributed by atoms with Gasteiger partial charge in [0.25, 0.3) is 0 Å². The molecule has 216 valence electrons. The number of hydrogen-bond acceptors (Lipinski definition) is 5. The second kappa shape index (κ2) is 11.0. The lowest BCUT2D eigenvalue weighted by Crippen LogP contribution is -2.43. The summed E-state index contributed by atoms with van der Waals surface area (Å²) < 4.78 is 12.6. The largest absolute Gasteiger partial charge is 0.490 e. The van der Waals surface area contributed by atoms with E-state index in [0.717, 1.165) is 52.1 Å². The third-order valence-electron chi connectivity index (χ3n) is 8.56. The molecule has 2 aliphatic carbocycles. The van der Waals surface area contributed by atoms with Gasteiger partial charge in [0.15, 0.2) is 23.1 Å². The van der Waals surface area contributed by atoms with Gasteiger partial charge in [-0.15, -0.1) is 6.58 Å². The molecule has 0 radical (unpaired) electrons. The molecule has 5 rings (SSSR count). The zero-order chi connectivity index (χ0) is 29.5. The first-order valence-corrected chi connectivity index (χ1v) is 14.8. The van der Waals surface area contributed by atoms with Crippen LogP contribution in [0.1, 0.15) is 82.9 Å². The van der Waals surface area contributed by atoms with Gasteiger partial charge in [-0.05, 0) is 54.2 Å². The van der Waals surface area contributed by atoms with E-state index in [2.05, 4.69) is 45.2 Å². The molecule has 0 bridgehead atoms. The van der Waals surface area contributed by atoms with Crippen LogP contribution in [0.3, 0.4) is 0 Å². The van der Waals surface area contributed by atoms with Crippen LogP contribution in [0.15, 0.2) is 77.7 Å². The van der Waals surface area contributed by atoms with E-state index in [1.807, 2.05) is 56.4 Å². The minimum atomic E-state index is -0.422. The van der Waals surface area contributed by atoms with Crippen LogP contribution in [0, 0.1) is 10.8 Å². The van der Waals surface area contributed by atoms with Crippen molar-refractivity contribution in [2.45, 2.75) is 79.2 Å². The Morgan fingerprint density at radius 3 is 2.02 bits per heavy atom. The van der Waals surface area contributed by atoms with Gasteiger partial charge >= 0.3 is 0 Å². The van der Waals surface area contributed by atoms with Crippen molar-refractivity contribution in [2.75, 3.05) is 13.7 Å². The second-order valence-corrected chi connectivity index (χ2v) is 13.3. The lowest BCUT2D eigenvalue weighted by atomic mass is 9.63. The van der Waals surface area contributed by atoms with E-state index < -0.39 is 5.92 Å². The minimum absolute atomic E-state index is 0.130. The van der Waals surface area contributed by atoms with Crippen LogP contribution >= 0.6 is 0 Å². The average molecular weight is 554 g/mol. The molecule has 5 heteroatoms. The highest BCUT2D eigenvalue weighted by molar-refractivity contribution is 6.06. The molecule has 0 unspecified atom stereocenters. The average Bonchev–Trinajstić information content (AvgIpc) is 2.89. The standard InChI is InChI=1S/C36H43NO4/c1-8-13-24-16-25(17-30(40-9-2)34(24)41-22-23-14-11-10-12-15-23)31-32-26(18-35(3,4)20-28(32)38)37(7)27-19-36(5,6)21-29(39)33(27)31/h8,10-12,14-17,31H,1,9,13,18-22H2,2-7H3. The lowest BCUT2D eigenvalue weighted by molar-refractivity contribution is -0.119. The second-order valence-electron chi connectivity index (χ2n) is 13.3. The summed E-state index contributed by atoms with van der Waals surface area (Å²) in [5.41, 5.74) is 6.27. The molecule has 1 aliphatic heterocycles. The Balaban J connectivity index is 1.70. The molecule has 0 saturated heterocycles. The highest BCUT2D eigenvalue weighted by atomic mass is 16.5. The molecule has 0 amide bonds. The summed E-state index contributed by atoms with van der Waals surface area (Å²) >= 11 is 0. The van der Waals surface area contributed by atoms with Gasteiger partial charge < -0.3 is 14.4 Å². The van der Waals surface area contributed by atoms with Gasteiger partial charge in [0, 0.05) is 53.9 Å². The molecule has 0 atom stereocenters. The number of ketones is 2. The Bertz CT molecular complexity index is 1390. The maximum Gasteiger partial charge on any atom is 0.165 e. The first kappa shape index (κ1) is 28.9. The molecule has 2 aromatic carbocycles. The van der Waals surface area contributed by atoms with E-state index in [-0.39, 0.29) is 22.4 Å². The molecule has 0 spiro atoms. The fraction of sp³-hybridized carbons (Fsp3) is 0.444. The number of hydrogen-bond donors (Lipinski definition) is 0. The normalized spacial score (nSPS) is 20.1. The number of rotatable bonds is 8. The van der Waals surface area contributed by atoms with Gasteiger partial charge in [0.2, 0.25) is 0 Å². The highest BCUT2D eigenvalue weighted by Crippen LogP contribution is 2.54. The summed E-state index contributed by atoms with van der Waals surface area (Å²) in [6, 6.07) is 14.2. The Labute approximate surface area is 244 Å². The van der Waals surface area contributed by atoms with Gasteiger partial charge in [0.05, 0.1) is 6.61 Å². The highest BCUT2D eigenvalue weighted by Gasteiger charge is 2.48. The van der Waals surface area contributed by atoms with Gasteiger partial charge in [-0.1, -0.05) is 70.2 Å². The smallest absolute Gasteiger partial charge is 0.165 e. The first-order chi connectivity index (χ1) is 19.4. The van der Waals surface area contributed by atoms with Crippen LogP contribution in [0.25, 0.3) is 0 Å². The van der Waals surface area contributed by atoms with E-state index in [1.165, 1.54) is 0 Å². The van der Waals surface area contributed by atoms with E-state index >= 15 is 0 Å². The van der Waals surface area contributed by atoms with E-state index in [1.54, 1.807) is 0 Å². The zero-order valence-corrected chi connectivity index (χ0v) is 25.4. The Morgan fingerprint density at radius 2 is 1.49 bits per heavy atom. The minimum Gasteiger partial charge on any atom is -0.490 e. The van der Waals surface area contributed by atoms with E-state index in [4.69, 9.17) is 9.47 Å². The molecule has 0 N–H and O–H groups in total. The summed E-state index contributed by atoms with van der Waals surface area (Å²) in [7, 11) is 2.04. The van der Waals surface area contributed by atoms with Crippen LogP contribution in [-0.4, -0.2) is 30.1 Å². The lowest BCUT2D eigenvalue weighted by Gasteiger charge is -2.48. The molecule has 1 heterocycles. The molecule has 3 aliphatic rings. The van der Waals surface area contributed by atoms with Gasteiger partial charge in [-0.3, -0.25) is 9.59 Å². The number of Topliss-reactive ketones (excluding diaryl/α,β-unsaturated/α-hetero) is 2. The van der Waals surface area contributed by atoms with Crippen molar-refractivity contribution in [1.29, 1.82) is 0 Å². The van der Waals surface area contributed by atoms with Crippen LogP contribution in [0.5, 0.6) is 11.5 Å². The van der Waals surface area contributed by atoms with Crippen molar-refractivity contribution >= 4 is 11.6 Å². The molecule has 2 aromatic rings. The van der Waals surface area contributed by atoms with Crippen LogP contribution in [0.4, 0.5) is 0 Å². The third-order valence-corrected chi connectivity index (χ3v) is 8.56. The van der Waals surface area contributed by atoms with Crippen molar-refractivity contribution < 1.29 is 19.1 Å². The number of benzene rings is 2. The quantitative estimate of drug-likeness (QED) is 0.314. The Kier molecular flexibility index (Phi) is 7.76. The molecular weight excluding hydrogens is 510 g/mol. The molecule has 0 fully saturated rings. The molecule has 5 nitrogen and oxygen atoms in total. The van der Waals surface area contributed by atoms with Crippen molar-refractivity contribution in [2.24, 2.45) is 10.8 Å². The first-order valence-electron chi connectivity index (χ1n) is 14.8. The number of carbonyl (C=O) groups is 2.